The van der Waals surface area contributed by atoms with Crippen molar-refractivity contribution in [3.63, 3.8) is 0 Å². The molecule has 178 valence electrons. The Morgan fingerprint density at radius 2 is 1.72 bits per heavy atom. The molecule has 0 saturated heterocycles. The summed E-state index contributed by atoms with van der Waals surface area (Å²) in [4.78, 5) is 17.0. The minimum atomic E-state index is -0.278. The number of nitrogens with zero attached hydrogens (tertiary/aromatic N) is 4. The second kappa shape index (κ2) is 8.57. The Kier molecular flexibility index (Phi) is 5.21. The summed E-state index contributed by atoms with van der Waals surface area (Å²) in [5.41, 5.74) is 8.32. The van der Waals surface area contributed by atoms with Gasteiger partial charge in [-0.1, -0.05) is 0 Å². The number of H-pyrrole nitrogens is 2. The second-order valence-electron chi connectivity index (χ2n) is 9.27. The Morgan fingerprint density at radius 3 is 2.56 bits per heavy atom. The number of aromatic amines is 2. The molecule has 6 aromatic rings. The molecule has 6 rings (SSSR count). The highest BCUT2D eigenvalue weighted by atomic mass is 19.1. The van der Waals surface area contributed by atoms with Crippen molar-refractivity contribution in [3.8, 4) is 33.9 Å². The molecule has 0 aliphatic heterocycles. The number of pyridine rings is 3. The summed E-state index contributed by atoms with van der Waals surface area (Å²) < 4.78 is 14.1. The highest BCUT2D eigenvalue weighted by molar-refractivity contribution is 6.00. The monoisotopic (exact) mass is 477 g/mol. The Hall–Kier alpha value is -4.59. The van der Waals surface area contributed by atoms with Gasteiger partial charge < -0.3 is 10.3 Å². The molecular weight excluding hydrogens is 453 g/mol. The van der Waals surface area contributed by atoms with E-state index in [2.05, 4.69) is 49.3 Å². The zero-order chi connectivity index (χ0) is 24.8. The summed E-state index contributed by atoms with van der Waals surface area (Å²) >= 11 is 0. The van der Waals surface area contributed by atoms with E-state index in [1.165, 1.54) is 12.1 Å². The van der Waals surface area contributed by atoms with Crippen molar-refractivity contribution in [2.45, 2.75) is 26.8 Å². The van der Waals surface area contributed by atoms with E-state index in [0.717, 1.165) is 67.0 Å². The fraction of sp³-hybridized carbons (Fsp3) is 0.143. The van der Waals surface area contributed by atoms with E-state index in [-0.39, 0.29) is 5.82 Å². The number of halogens is 1. The van der Waals surface area contributed by atoms with Gasteiger partial charge in [0.15, 0.2) is 0 Å². The lowest BCUT2D eigenvalue weighted by Crippen LogP contribution is -2.09. The summed E-state index contributed by atoms with van der Waals surface area (Å²) in [6, 6.07) is 13.3. The lowest BCUT2D eigenvalue weighted by Gasteiger charge is -2.10. The van der Waals surface area contributed by atoms with Crippen LogP contribution in [0.2, 0.25) is 0 Å². The van der Waals surface area contributed by atoms with E-state index in [1.807, 2.05) is 43.5 Å². The molecule has 0 bridgehead atoms. The zero-order valence-corrected chi connectivity index (χ0v) is 20.1. The smallest absolute Gasteiger partial charge is 0.124 e. The number of nitrogens with one attached hydrogen (secondary N) is 3. The van der Waals surface area contributed by atoms with E-state index in [0.29, 0.717) is 6.04 Å². The third kappa shape index (κ3) is 3.96. The Bertz CT molecular complexity index is 1710. The number of rotatable bonds is 5. The predicted molar refractivity (Wildman–Crippen MR) is 141 cm³/mol. The lowest BCUT2D eigenvalue weighted by atomic mass is 10.0. The summed E-state index contributed by atoms with van der Waals surface area (Å²) in [5, 5.41) is 12.9. The molecule has 0 fully saturated rings. The average molecular weight is 478 g/mol. The maximum absolute atomic E-state index is 14.1. The molecule has 0 saturated carbocycles. The first kappa shape index (κ1) is 21.9. The van der Waals surface area contributed by atoms with Crippen LogP contribution >= 0.6 is 0 Å². The largest absolute Gasteiger partial charge is 0.382 e. The Morgan fingerprint density at radius 1 is 0.861 bits per heavy atom. The molecule has 5 heterocycles. The number of hydrogen-bond donors (Lipinski definition) is 3. The van der Waals surface area contributed by atoms with Crippen LogP contribution in [0.1, 0.15) is 19.4 Å². The van der Waals surface area contributed by atoms with Gasteiger partial charge in [0.1, 0.15) is 11.5 Å². The number of aromatic nitrogens is 6. The van der Waals surface area contributed by atoms with Gasteiger partial charge >= 0.3 is 0 Å². The van der Waals surface area contributed by atoms with Gasteiger partial charge in [-0.3, -0.25) is 20.1 Å². The van der Waals surface area contributed by atoms with Crippen LogP contribution < -0.4 is 5.32 Å². The van der Waals surface area contributed by atoms with Crippen molar-refractivity contribution >= 4 is 27.5 Å². The van der Waals surface area contributed by atoms with Crippen LogP contribution in [-0.2, 0) is 0 Å². The maximum atomic E-state index is 14.1. The van der Waals surface area contributed by atoms with Gasteiger partial charge in [-0.05, 0) is 68.8 Å². The Balaban J connectivity index is 1.45. The Labute approximate surface area is 206 Å². The van der Waals surface area contributed by atoms with E-state index in [9.17, 15) is 4.39 Å². The summed E-state index contributed by atoms with van der Waals surface area (Å²) in [6.45, 7) is 6.05. The normalized spacial score (nSPS) is 11.6. The van der Waals surface area contributed by atoms with Crippen molar-refractivity contribution < 1.29 is 4.39 Å². The first-order chi connectivity index (χ1) is 17.4. The molecule has 0 aliphatic carbocycles. The standard InChI is InChI=1S/C28H24FN7/c1-15(2)33-20-9-18(12-30-13-20)24-10-22-26(14-32-24)35-36-28(22)25-11-21-23(34-25)4-5-31-27(21)17-6-16(3)7-19(29)8-17/h4-15,33-34H,1-3H3,(H,35,36). The highest BCUT2D eigenvalue weighted by Gasteiger charge is 2.16. The van der Waals surface area contributed by atoms with Gasteiger partial charge in [-0.25, -0.2) is 4.39 Å². The SMILES string of the molecule is Cc1cc(F)cc(-c2nccc3[nH]c(-c4n[nH]c5cnc(-c6cncc(NC(C)C)c6)cc45)cc23)c1. The quantitative estimate of drug-likeness (QED) is 0.263. The molecule has 0 radical (unpaired) electrons. The zero-order valence-electron chi connectivity index (χ0n) is 20.1. The van der Waals surface area contributed by atoms with E-state index < -0.39 is 0 Å². The minimum Gasteiger partial charge on any atom is -0.382 e. The molecule has 5 aromatic heterocycles. The number of benzene rings is 1. The molecule has 0 spiro atoms. The van der Waals surface area contributed by atoms with Gasteiger partial charge in [0.25, 0.3) is 0 Å². The van der Waals surface area contributed by atoms with Crippen molar-refractivity contribution in [3.05, 3.63) is 78.6 Å². The topological polar surface area (TPSA) is 95.2 Å². The molecule has 7 nitrogen and oxygen atoms in total. The lowest BCUT2D eigenvalue weighted by molar-refractivity contribution is 0.627. The minimum absolute atomic E-state index is 0.278. The molecule has 0 aliphatic rings. The number of hydrogen-bond acceptors (Lipinski definition) is 5. The molecule has 0 amide bonds. The molecule has 3 N–H and O–H groups in total. The van der Waals surface area contributed by atoms with E-state index >= 15 is 0 Å². The van der Waals surface area contributed by atoms with Crippen LogP contribution in [0.25, 0.3) is 55.7 Å². The first-order valence-corrected chi connectivity index (χ1v) is 11.8. The number of anilines is 1. The van der Waals surface area contributed by atoms with Crippen molar-refractivity contribution in [2.24, 2.45) is 0 Å². The molecule has 36 heavy (non-hydrogen) atoms. The van der Waals surface area contributed by atoms with Crippen LogP contribution in [0.5, 0.6) is 0 Å². The number of aryl methyl sites for hydroxylation is 1. The van der Waals surface area contributed by atoms with E-state index in [4.69, 9.17) is 0 Å². The second-order valence-corrected chi connectivity index (χ2v) is 9.27. The van der Waals surface area contributed by atoms with Gasteiger partial charge in [0.2, 0.25) is 0 Å². The van der Waals surface area contributed by atoms with Gasteiger partial charge in [0.05, 0.1) is 34.5 Å². The maximum Gasteiger partial charge on any atom is 0.124 e. The predicted octanol–water partition coefficient (Wildman–Crippen LogP) is 6.50. The van der Waals surface area contributed by atoms with E-state index in [1.54, 1.807) is 18.6 Å². The summed E-state index contributed by atoms with van der Waals surface area (Å²) in [6.07, 6.45) is 7.13. The van der Waals surface area contributed by atoms with Gasteiger partial charge in [-0.15, -0.1) is 0 Å². The average Bonchev–Trinajstić information content (AvgIpc) is 3.46. The molecule has 0 atom stereocenters. The van der Waals surface area contributed by atoms with Gasteiger partial charge in [-0.2, -0.15) is 5.10 Å². The van der Waals surface area contributed by atoms with Crippen molar-refractivity contribution in [2.75, 3.05) is 5.32 Å². The summed E-state index contributed by atoms with van der Waals surface area (Å²) in [5.74, 6) is -0.278. The van der Waals surface area contributed by atoms with Crippen LogP contribution in [-0.4, -0.2) is 36.2 Å². The summed E-state index contributed by atoms with van der Waals surface area (Å²) in [7, 11) is 0. The molecule has 0 unspecified atom stereocenters. The number of fused-ring (bicyclic) bond motifs is 2. The molecular formula is C28H24FN7. The van der Waals surface area contributed by atoms with Crippen molar-refractivity contribution in [1.82, 2.24) is 30.1 Å². The van der Waals surface area contributed by atoms with Crippen LogP contribution in [0, 0.1) is 12.7 Å². The fourth-order valence-corrected chi connectivity index (χ4v) is 4.56. The third-order valence-electron chi connectivity index (χ3n) is 6.06. The molecule has 8 heteroatoms. The van der Waals surface area contributed by atoms with Crippen LogP contribution in [0.3, 0.4) is 0 Å². The highest BCUT2D eigenvalue weighted by Crippen LogP contribution is 2.34. The van der Waals surface area contributed by atoms with Gasteiger partial charge in [0, 0.05) is 52.0 Å². The third-order valence-corrected chi connectivity index (χ3v) is 6.06. The fourth-order valence-electron chi connectivity index (χ4n) is 4.56. The molecule has 1 aromatic carbocycles. The van der Waals surface area contributed by atoms with Crippen molar-refractivity contribution in [1.29, 1.82) is 0 Å². The van der Waals surface area contributed by atoms with Crippen LogP contribution in [0.4, 0.5) is 10.1 Å². The van der Waals surface area contributed by atoms with Crippen LogP contribution in [0.15, 0.2) is 67.3 Å². The first-order valence-electron chi connectivity index (χ1n) is 11.8.